The molecule has 0 aliphatic heterocycles. The number of fused-ring (bicyclic) bond motifs is 3. The Morgan fingerprint density at radius 1 is 0.760 bits per heavy atom. The number of nitriles is 1. The lowest BCUT2D eigenvalue weighted by Crippen LogP contribution is -2.47. The molecule has 2 bridgehead atoms. The third-order valence-corrected chi connectivity index (χ3v) is 8.83. The average Bonchev–Trinajstić information content (AvgIpc) is 2.68. The van der Waals surface area contributed by atoms with Gasteiger partial charge in [-0.05, 0) is 93.8 Å². The number of hydrogen-bond acceptors (Lipinski definition) is 1. The summed E-state index contributed by atoms with van der Waals surface area (Å²) < 4.78 is 0. The van der Waals surface area contributed by atoms with Crippen molar-refractivity contribution in [2.75, 3.05) is 0 Å². The second kappa shape index (κ2) is 8.02. The van der Waals surface area contributed by atoms with Gasteiger partial charge in [0.15, 0.2) is 0 Å². The summed E-state index contributed by atoms with van der Waals surface area (Å²) >= 11 is 0. The van der Waals surface area contributed by atoms with E-state index >= 15 is 0 Å². The molecule has 0 radical (unpaired) electrons. The molecule has 4 saturated carbocycles. The van der Waals surface area contributed by atoms with Gasteiger partial charge in [-0.15, -0.1) is 0 Å². The van der Waals surface area contributed by atoms with Gasteiger partial charge in [-0.1, -0.05) is 46.0 Å². The van der Waals surface area contributed by atoms with Gasteiger partial charge in [0.1, 0.15) is 0 Å². The van der Waals surface area contributed by atoms with Crippen molar-refractivity contribution < 1.29 is 0 Å². The minimum atomic E-state index is 0.0382. The Labute approximate surface area is 157 Å². The Bertz CT molecular complexity index is 438. The van der Waals surface area contributed by atoms with Gasteiger partial charge >= 0.3 is 0 Å². The molecular weight excluding hydrogens is 302 g/mol. The van der Waals surface area contributed by atoms with Crippen LogP contribution in [0, 0.1) is 33.5 Å². The quantitative estimate of drug-likeness (QED) is 0.412. The molecule has 0 unspecified atom stereocenters. The highest BCUT2D eigenvalue weighted by Crippen LogP contribution is 2.64. The third kappa shape index (κ3) is 3.94. The Hall–Kier alpha value is -0.510. The van der Waals surface area contributed by atoms with Gasteiger partial charge < -0.3 is 0 Å². The highest BCUT2D eigenvalue weighted by molar-refractivity contribution is 5.07. The van der Waals surface area contributed by atoms with Gasteiger partial charge in [0.05, 0.1) is 11.5 Å². The fraction of sp³-hybridized carbons (Fsp3) is 0.958. The Balaban J connectivity index is 1.55. The fourth-order valence-corrected chi connectivity index (χ4v) is 6.75. The molecule has 0 heterocycles. The summed E-state index contributed by atoms with van der Waals surface area (Å²) in [6, 6.07) is 2.77. The van der Waals surface area contributed by atoms with Crippen LogP contribution in [0.2, 0.25) is 0 Å². The van der Waals surface area contributed by atoms with Gasteiger partial charge in [0.25, 0.3) is 0 Å². The first-order valence-corrected chi connectivity index (χ1v) is 11.5. The normalized spacial score (nSPS) is 40.8. The van der Waals surface area contributed by atoms with Crippen LogP contribution < -0.4 is 0 Å². The third-order valence-electron chi connectivity index (χ3n) is 8.83. The molecule has 0 N–H and O–H groups in total. The van der Waals surface area contributed by atoms with Gasteiger partial charge in [0.2, 0.25) is 0 Å². The van der Waals surface area contributed by atoms with E-state index < -0.39 is 0 Å². The minimum Gasteiger partial charge on any atom is -0.198 e. The zero-order valence-corrected chi connectivity index (χ0v) is 17.0. The van der Waals surface area contributed by atoms with Crippen molar-refractivity contribution in [1.82, 2.24) is 0 Å². The molecular formula is C24H41N. The first-order valence-electron chi connectivity index (χ1n) is 11.5. The van der Waals surface area contributed by atoms with E-state index in [1.807, 2.05) is 0 Å². The van der Waals surface area contributed by atoms with Gasteiger partial charge in [-0.3, -0.25) is 0 Å². The summed E-state index contributed by atoms with van der Waals surface area (Å²) in [6.07, 6.45) is 23.5. The van der Waals surface area contributed by atoms with E-state index in [4.69, 9.17) is 0 Å². The molecule has 1 heteroatoms. The molecule has 142 valence electrons. The molecule has 4 fully saturated rings. The first kappa shape index (κ1) is 19.3. The second-order valence-electron chi connectivity index (χ2n) is 10.1. The van der Waals surface area contributed by atoms with Crippen molar-refractivity contribution in [2.45, 2.75) is 123 Å². The summed E-state index contributed by atoms with van der Waals surface area (Å²) in [5, 5.41) is 9.83. The van der Waals surface area contributed by atoms with Crippen molar-refractivity contribution in [1.29, 1.82) is 5.26 Å². The zero-order valence-electron chi connectivity index (χ0n) is 17.0. The maximum Gasteiger partial charge on any atom is 0.0689 e. The standard InChI is InChI=1S/C24H41N/c1-3-5-7-11-23(20-25)12-8-21(9-13-23)24-17-14-22(15-18-24,16-19-24)10-6-4-2/h21H,3-19H2,1-2H3/t21-,22?,23-,24?. The van der Waals surface area contributed by atoms with E-state index in [1.54, 1.807) is 0 Å². The summed E-state index contributed by atoms with van der Waals surface area (Å²) in [5.74, 6) is 0.935. The minimum absolute atomic E-state index is 0.0382. The lowest BCUT2D eigenvalue weighted by molar-refractivity contribution is -0.0689. The summed E-state index contributed by atoms with van der Waals surface area (Å²) in [5.41, 5.74) is 1.46. The average molecular weight is 344 g/mol. The van der Waals surface area contributed by atoms with Crippen LogP contribution in [0.3, 0.4) is 0 Å². The van der Waals surface area contributed by atoms with Crippen molar-refractivity contribution in [2.24, 2.45) is 22.2 Å². The van der Waals surface area contributed by atoms with Crippen LogP contribution >= 0.6 is 0 Å². The molecule has 1 nitrogen and oxygen atoms in total. The summed E-state index contributed by atoms with van der Waals surface area (Å²) in [7, 11) is 0. The predicted molar refractivity (Wildman–Crippen MR) is 106 cm³/mol. The zero-order chi connectivity index (χ0) is 17.8. The molecule has 0 atom stereocenters. The Morgan fingerprint density at radius 2 is 1.36 bits per heavy atom. The van der Waals surface area contributed by atoms with Gasteiger partial charge in [-0.25, -0.2) is 0 Å². The second-order valence-corrected chi connectivity index (χ2v) is 10.1. The van der Waals surface area contributed by atoms with Crippen LogP contribution in [0.4, 0.5) is 0 Å². The molecule has 0 aromatic carbocycles. The monoisotopic (exact) mass is 343 g/mol. The highest BCUT2D eigenvalue weighted by atomic mass is 14.6. The van der Waals surface area contributed by atoms with E-state index in [0.29, 0.717) is 5.41 Å². The molecule has 4 rings (SSSR count). The Morgan fingerprint density at radius 3 is 1.88 bits per heavy atom. The smallest absolute Gasteiger partial charge is 0.0689 e. The SMILES string of the molecule is CCCCC[C@]1(C#N)CC[C@H](C23CCC(CCCC)(CC2)CC3)CC1. The Kier molecular flexibility index (Phi) is 6.18. The van der Waals surface area contributed by atoms with Crippen LogP contribution in [0.1, 0.15) is 123 Å². The maximum absolute atomic E-state index is 9.83. The van der Waals surface area contributed by atoms with Gasteiger partial charge in [-0.2, -0.15) is 5.26 Å². The summed E-state index contributed by atoms with van der Waals surface area (Å²) in [6.45, 7) is 4.61. The summed E-state index contributed by atoms with van der Waals surface area (Å²) in [4.78, 5) is 0. The van der Waals surface area contributed by atoms with Crippen molar-refractivity contribution in [3.8, 4) is 6.07 Å². The number of hydrogen-bond donors (Lipinski definition) is 0. The molecule has 0 aromatic rings. The van der Waals surface area contributed by atoms with E-state index in [1.165, 1.54) is 103 Å². The van der Waals surface area contributed by atoms with Crippen molar-refractivity contribution in [3.05, 3.63) is 0 Å². The first-order chi connectivity index (χ1) is 12.1. The van der Waals surface area contributed by atoms with Gasteiger partial charge in [0, 0.05) is 0 Å². The molecule has 4 aliphatic carbocycles. The predicted octanol–water partition coefficient (Wildman–Crippen LogP) is 7.80. The molecule has 4 aliphatic rings. The van der Waals surface area contributed by atoms with E-state index in [9.17, 15) is 5.26 Å². The van der Waals surface area contributed by atoms with E-state index in [2.05, 4.69) is 19.9 Å². The highest BCUT2D eigenvalue weighted by Gasteiger charge is 2.52. The fourth-order valence-electron chi connectivity index (χ4n) is 6.75. The number of nitrogens with zero attached hydrogens (tertiary/aromatic N) is 1. The number of unbranched alkanes of at least 4 members (excludes halogenated alkanes) is 3. The molecule has 0 spiro atoms. The molecule has 0 aromatic heterocycles. The van der Waals surface area contributed by atoms with E-state index in [-0.39, 0.29) is 5.41 Å². The van der Waals surface area contributed by atoms with Crippen LogP contribution in [0.15, 0.2) is 0 Å². The van der Waals surface area contributed by atoms with E-state index in [0.717, 1.165) is 17.8 Å². The largest absolute Gasteiger partial charge is 0.198 e. The van der Waals surface area contributed by atoms with Crippen LogP contribution in [0.5, 0.6) is 0 Å². The van der Waals surface area contributed by atoms with Crippen LogP contribution in [0.25, 0.3) is 0 Å². The molecule has 0 saturated heterocycles. The number of rotatable bonds is 8. The topological polar surface area (TPSA) is 23.8 Å². The molecule has 25 heavy (non-hydrogen) atoms. The van der Waals surface area contributed by atoms with Crippen molar-refractivity contribution in [3.63, 3.8) is 0 Å². The molecule has 0 amide bonds. The lowest BCUT2D eigenvalue weighted by Gasteiger charge is -2.58. The maximum atomic E-state index is 9.83. The van der Waals surface area contributed by atoms with Crippen molar-refractivity contribution >= 4 is 0 Å². The van der Waals surface area contributed by atoms with Crippen LogP contribution in [-0.2, 0) is 0 Å². The lowest BCUT2D eigenvalue weighted by atomic mass is 9.47. The van der Waals surface area contributed by atoms with Crippen LogP contribution in [-0.4, -0.2) is 0 Å².